The predicted octanol–water partition coefficient (Wildman–Crippen LogP) is 1.39. The molecule has 2 heteroatoms. The summed E-state index contributed by atoms with van der Waals surface area (Å²) in [4.78, 5) is 7.95. The summed E-state index contributed by atoms with van der Waals surface area (Å²) in [5, 5.41) is 0. The minimum Gasteiger partial charge on any atom is -0.246 e. The van der Waals surface area contributed by atoms with Gasteiger partial charge in [0.15, 0.2) is 0 Å². The highest BCUT2D eigenvalue weighted by Gasteiger charge is 1.93. The van der Waals surface area contributed by atoms with Crippen molar-refractivity contribution in [1.29, 1.82) is 0 Å². The molecule has 0 aromatic heterocycles. The average molecular weight is 108 g/mol. The zero-order chi connectivity index (χ0) is 5.82. The lowest BCUT2D eigenvalue weighted by Gasteiger charge is -1.82. The molecule has 8 heavy (non-hydrogen) atoms. The summed E-state index contributed by atoms with van der Waals surface area (Å²) in [7, 11) is 0. The lowest BCUT2D eigenvalue weighted by molar-refractivity contribution is 1.45. The van der Waals surface area contributed by atoms with Gasteiger partial charge >= 0.3 is 0 Å². The fourth-order valence-electron chi connectivity index (χ4n) is 0.585. The molecule has 0 bridgehead atoms. The van der Waals surface area contributed by atoms with E-state index in [1.807, 2.05) is 13.0 Å². The fraction of sp³-hybridized carbons (Fsp3) is 0.333. The first-order chi connectivity index (χ1) is 3.93. The Bertz CT molecular complexity index is 154. The molecule has 1 heterocycles. The van der Waals surface area contributed by atoms with E-state index >= 15 is 0 Å². The monoisotopic (exact) mass is 108 g/mol. The van der Waals surface area contributed by atoms with Gasteiger partial charge in [-0.1, -0.05) is 6.08 Å². The molecule has 2 nitrogen and oxygen atoms in total. The molecular formula is C6H8N2. The van der Waals surface area contributed by atoms with E-state index in [2.05, 4.69) is 9.98 Å². The second-order valence-corrected chi connectivity index (χ2v) is 1.52. The molecule has 42 valence electrons. The lowest BCUT2D eigenvalue weighted by atomic mass is 10.4. The Morgan fingerprint density at radius 2 is 2.75 bits per heavy atom. The van der Waals surface area contributed by atoms with Crippen LogP contribution >= 0.6 is 0 Å². The molecule has 0 fully saturated rings. The van der Waals surface area contributed by atoms with Gasteiger partial charge in [0.2, 0.25) is 0 Å². The summed E-state index contributed by atoms with van der Waals surface area (Å²) < 4.78 is 0. The summed E-state index contributed by atoms with van der Waals surface area (Å²) in [5.74, 6) is 0.910. The maximum atomic E-state index is 3.99. The largest absolute Gasteiger partial charge is 0.246 e. The van der Waals surface area contributed by atoms with Gasteiger partial charge in [0.25, 0.3) is 0 Å². The van der Waals surface area contributed by atoms with Gasteiger partial charge < -0.3 is 0 Å². The quantitative estimate of drug-likeness (QED) is 0.419. The molecule has 0 radical (unpaired) electrons. The number of aliphatic imine (C=N–C) groups is 2. The number of hydrogen-bond acceptors (Lipinski definition) is 2. The van der Waals surface area contributed by atoms with Gasteiger partial charge in [0, 0.05) is 18.8 Å². The highest BCUT2D eigenvalue weighted by atomic mass is 14.9. The summed E-state index contributed by atoms with van der Waals surface area (Å²) in [6, 6.07) is 0. The molecule has 0 atom stereocenters. The number of nitrogens with zero attached hydrogens (tertiary/aromatic N) is 2. The van der Waals surface area contributed by atoms with E-state index in [0.29, 0.717) is 0 Å². The molecular weight excluding hydrogens is 100 g/mol. The SMILES string of the molecule is CC=NC1=NC=CC1. The van der Waals surface area contributed by atoms with E-state index in [1.165, 1.54) is 0 Å². The van der Waals surface area contributed by atoms with Crippen LogP contribution in [0.1, 0.15) is 13.3 Å². The molecule has 0 aliphatic carbocycles. The molecule has 0 aromatic rings. The van der Waals surface area contributed by atoms with Gasteiger partial charge in [0.1, 0.15) is 5.84 Å². The van der Waals surface area contributed by atoms with Gasteiger partial charge in [-0.15, -0.1) is 0 Å². The molecule has 0 aromatic carbocycles. The highest BCUT2D eigenvalue weighted by Crippen LogP contribution is 1.99. The van der Waals surface area contributed by atoms with Crippen LogP contribution in [0.5, 0.6) is 0 Å². The maximum absolute atomic E-state index is 3.99. The van der Waals surface area contributed by atoms with E-state index in [1.54, 1.807) is 12.4 Å². The maximum Gasteiger partial charge on any atom is 0.131 e. The van der Waals surface area contributed by atoms with Crippen molar-refractivity contribution in [2.45, 2.75) is 13.3 Å². The summed E-state index contributed by atoms with van der Waals surface area (Å²) in [6.07, 6.45) is 6.42. The predicted molar refractivity (Wildman–Crippen MR) is 35.4 cm³/mol. The minimum atomic E-state index is 0.893. The van der Waals surface area contributed by atoms with Crippen molar-refractivity contribution in [2.24, 2.45) is 9.98 Å². The molecule has 0 N–H and O–H groups in total. The Morgan fingerprint density at radius 1 is 1.88 bits per heavy atom. The van der Waals surface area contributed by atoms with Crippen molar-refractivity contribution in [3.8, 4) is 0 Å². The lowest BCUT2D eigenvalue weighted by Crippen LogP contribution is -1.85. The topological polar surface area (TPSA) is 24.7 Å². The first-order valence-electron chi connectivity index (χ1n) is 2.64. The van der Waals surface area contributed by atoms with E-state index < -0.39 is 0 Å². The smallest absolute Gasteiger partial charge is 0.131 e. The van der Waals surface area contributed by atoms with Gasteiger partial charge in [0.05, 0.1) is 0 Å². The average Bonchev–Trinajstić information content (AvgIpc) is 2.19. The third-order valence-corrected chi connectivity index (χ3v) is 0.908. The Labute approximate surface area is 48.7 Å². The van der Waals surface area contributed by atoms with Crippen LogP contribution < -0.4 is 0 Å². The van der Waals surface area contributed by atoms with E-state index in [4.69, 9.17) is 0 Å². The van der Waals surface area contributed by atoms with E-state index in [9.17, 15) is 0 Å². The minimum absolute atomic E-state index is 0.893. The Hall–Kier alpha value is -0.920. The van der Waals surface area contributed by atoms with Gasteiger partial charge in [-0.2, -0.15) is 0 Å². The van der Waals surface area contributed by atoms with Crippen molar-refractivity contribution in [1.82, 2.24) is 0 Å². The second-order valence-electron chi connectivity index (χ2n) is 1.52. The second kappa shape index (κ2) is 2.40. The van der Waals surface area contributed by atoms with Crippen LogP contribution in [0.25, 0.3) is 0 Å². The Morgan fingerprint density at radius 3 is 3.25 bits per heavy atom. The third kappa shape index (κ3) is 1.03. The molecule has 0 spiro atoms. The normalized spacial score (nSPS) is 17.9. The highest BCUT2D eigenvalue weighted by molar-refractivity contribution is 5.91. The zero-order valence-corrected chi connectivity index (χ0v) is 4.83. The molecule has 0 saturated heterocycles. The fourth-order valence-corrected chi connectivity index (χ4v) is 0.585. The Balaban J connectivity index is 2.51. The molecule has 0 amide bonds. The van der Waals surface area contributed by atoms with E-state index in [-0.39, 0.29) is 0 Å². The van der Waals surface area contributed by atoms with Crippen molar-refractivity contribution in [3.05, 3.63) is 12.3 Å². The van der Waals surface area contributed by atoms with Crippen molar-refractivity contribution < 1.29 is 0 Å². The molecule has 0 saturated carbocycles. The van der Waals surface area contributed by atoms with Gasteiger partial charge in [-0.05, 0) is 6.92 Å². The summed E-state index contributed by atoms with van der Waals surface area (Å²) in [6.45, 7) is 1.89. The van der Waals surface area contributed by atoms with Crippen LogP contribution in [0.15, 0.2) is 22.3 Å². The number of amidine groups is 1. The van der Waals surface area contributed by atoms with Crippen LogP contribution in [0.3, 0.4) is 0 Å². The molecule has 1 aliphatic rings. The molecule has 1 rings (SSSR count). The first-order valence-corrected chi connectivity index (χ1v) is 2.64. The first kappa shape index (κ1) is 5.22. The van der Waals surface area contributed by atoms with Crippen molar-refractivity contribution in [3.63, 3.8) is 0 Å². The number of hydrogen-bond donors (Lipinski definition) is 0. The summed E-state index contributed by atoms with van der Waals surface area (Å²) in [5.41, 5.74) is 0. The van der Waals surface area contributed by atoms with Gasteiger partial charge in [-0.25, -0.2) is 9.98 Å². The van der Waals surface area contributed by atoms with Crippen LogP contribution in [0.4, 0.5) is 0 Å². The summed E-state index contributed by atoms with van der Waals surface area (Å²) >= 11 is 0. The van der Waals surface area contributed by atoms with Crippen LogP contribution in [-0.4, -0.2) is 12.1 Å². The Kier molecular flexibility index (Phi) is 1.57. The van der Waals surface area contributed by atoms with Gasteiger partial charge in [-0.3, -0.25) is 0 Å². The third-order valence-electron chi connectivity index (χ3n) is 0.908. The number of rotatable bonds is 0. The van der Waals surface area contributed by atoms with E-state index in [0.717, 1.165) is 12.3 Å². The van der Waals surface area contributed by atoms with Crippen molar-refractivity contribution >= 4 is 12.1 Å². The van der Waals surface area contributed by atoms with Crippen LogP contribution in [0.2, 0.25) is 0 Å². The van der Waals surface area contributed by atoms with Crippen LogP contribution in [0, 0.1) is 0 Å². The molecule has 0 unspecified atom stereocenters. The van der Waals surface area contributed by atoms with Crippen molar-refractivity contribution in [2.75, 3.05) is 0 Å². The van der Waals surface area contributed by atoms with Crippen LogP contribution in [-0.2, 0) is 0 Å². The molecule has 1 aliphatic heterocycles. The zero-order valence-electron chi connectivity index (χ0n) is 4.83. The standard InChI is InChI=1S/C6H8N2/c1-2-7-6-4-3-5-8-6/h2-3,5H,4H2,1H3.